The van der Waals surface area contributed by atoms with Crippen molar-refractivity contribution in [2.24, 2.45) is 0 Å². The van der Waals surface area contributed by atoms with Crippen molar-refractivity contribution >= 4 is 45.7 Å². The number of rotatable bonds is 3. The first-order chi connectivity index (χ1) is 12.9. The normalized spacial score (nSPS) is 11.3. The average Bonchev–Trinajstić information content (AvgIpc) is 3.20. The predicted octanol–water partition coefficient (Wildman–Crippen LogP) is 3.22. The van der Waals surface area contributed by atoms with Gasteiger partial charge in [0, 0.05) is 31.2 Å². The van der Waals surface area contributed by atoms with Gasteiger partial charge in [-0.05, 0) is 0 Å². The highest BCUT2D eigenvalue weighted by Crippen LogP contribution is 2.41. The highest BCUT2D eigenvalue weighted by atomic mass is 35.5. The molecule has 0 fully saturated rings. The highest BCUT2D eigenvalue weighted by Gasteiger charge is 2.23. The molecule has 0 radical (unpaired) electrons. The molecular formula is C16H13ClFN7O2. The number of H-pyrrole nitrogens is 1. The molecule has 4 rings (SSSR count). The number of anilines is 2. The molecule has 9 nitrogen and oxygen atoms in total. The Kier molecular flexibility index (Phi) is 3.84. The summed E-state index contributed by atoms with van der Waals surface area (Å²) in [7, 11) is 3.42. The van der Waals surface area contributed by atoms with Crippen molar-refractivity contribution in [1.82, 2.24) is 24.6 Å². The van der Waals surface area contributed by atoms with E-state index in [2.05, 4.69) is 25.5 Å². The second-order valence-corrected chi connectivity index (χ2v) is 6.38. The topological polar surface area (TPSA) is 111 Å². The number of halogens is 2. The smallest absolute Gasteiger partial charge is 0.410 e. The number of imidazole rings is 1. The lowest BCUT2D eigenvalue weighted by molar-refractivity contribution is 0.209. The summed E-state index contributed by atoms with van der Waals surface area (Å²) in [5, 5.41) is 18.3. The molecule has 4 aromatic rings. The van der Waals surface area contributed by atoms with Gasteiger partial charge in [0.25, 0.3) is 0 Å². The number of hydrogen-bond acceptors (Lipinski definition) is 5. The molecule has 0 saturated heterocycles. The van der Waals surface area contributed by atoms with E-state index in [1.54, 1.807) is 35.8 Å². The van der Waals surface area contributed by atoms with Crippen molar-refractivity contribution in [3.63, 3.8) is 0 Å². The quantitative estimate of drug-likeness (QED) is 0.496. The second kappa shape index (κ2) is 6.09. The van der Waals surface area contributed by atoms with E-state index < -0.39 is 11.9 Å². The van der Waals surface area contributed by atoms with Gasteiger partial charge in [0.05, 0.1) is 34.8 Å². The molecule has 1 aromatic carbocycles. The fraction of sp³-hybridized carbons (Fsp3) is 0.125. The van der Waals surface area contributed by atoms with Crippen molar-refractivity contribution in [2.75, 3.05) is 24.3 Å². The zero-order chi connectivity index (χ0) is 19.3. The van der Waals surface area contributed by atoms with E-state index in [0.717, 1.165) is 0 Å². The lowest BCUT2D eigenvalue weighted by Crippen LogP contribution is -2.12. The summed E-state index contributed by atoms with van der Waals surface area (Å²) in [5.74, 6) is -0.440. The monoisotopic (exact) mass is 389 g/mol. The van der Waals surface area contributed by atoms with E-state index in [0.29, 0.717) is 33.5 Å². The minimum absolute atomic E-state index is 0.0801. The Morgan fingerprint density at radius 2 is 2.15 bits per heavy atom. The van der Waals surface area contributed by atoms with Crippen molar-refractivity contribution in [3.05, 3.63) is 35.6 Å². The van der Waals surface area contributed by atoms with Gasteiger partial charge in [0.1, 0.15) is 5.69 Å². The summed E-state index contributed by atoms with van der Waals surface area (Å²) in [6, 6.07) is 0. The van der Waals surface area contributed by atoms with Crippen molar-refractivity contribution < 1.29 is 14.3 Å². The fourth-order valence-corrected chi connectivity index (χ4v) is 3.25. The Morgan fingerprint density at radius 1 is 1.37 bits per heavy atom. The van der Waals surface area contributed by atoms with Crippen LogP contribution in [0.5, 0.6) is 0 Å². The average molecular weight is 390 g/mol. The number of aromatic nitrogens is 5. The van der Waals surface area contributed by atoms with E-state index in [1.165, 1.54) is 12.4 Å². The number of carboxylic acid groups (broad SMARTS) is 1. The SMILES string of the molecule is CN(C)c1c(F)c(Cl)c(-c2cn3cc(NC(=O)O)nc3cn2)c2cn[nH]c12. The molecule has 11 heteroatoms. The van der Waals surface area contributed by atoms with Crippen LogP contribution in [0.2, 0.25) is 5.02 Å². The molecular weight excluding hydrogens is 377 g/mol. The summed E-state index contributed by atoms with van der Waals surface area (Å²) < 4.78 is 16.5. The number of nitrogens with one attached hydrogen (secondary N) is 2. The first-order valence-corrected chi connectivity index (χ1v) is 8.11. The molecule has 27 heavy (non-hydrogen) atoms. The van der Waals surface area contributed by atoms with Gasteiger partial charge in [-0.3, -0.25) is 15.4 Å². The molecule has 0 unspecified atom stereocenters. The van der Waals surface area contributed by atoms with Gasteiger partial charge in [0.2, 0.25) is 0 Å². The van der Waals surface area contributed by atoms with Crippen molar-refractivity contribution in [1.29, 1.82) is 0 Å². The Labute approximate surface area is 156 Å². The number of nitrogens with zero attached hydrogens (tertiary/aromatic N) is 5. The molecule has 0 aliphatic heterocycles. The van der Waals surface area contributed by atoms with Crippen LogP contribution in [0.15, 0.2) is 24.8 Å². The van der Waals surface area contributed by atoms with E-state index in [1.807, 2.05) is 0 Å². The van der Waals surface area contributed by atoms with E-state index >= 15 is 0 Å². The zero-order valence-electron chi connectivity index (χ0n) is 14.2. The molecule has 0 saturated carbocycles. The number of fused-ring (bicyclic) bond motifs is 2. The highest BCUT2D eigenvalue weighted by molar-refractivity contribution is 6.35. The number of amides is 1. The van der Waals surface area contributed by atoms with Crippen molar-refractivity contribution in [3.8, 4) is 11.3 Å². The first-order valence-electron chi connectivity index (χ1n) is 7.73. The van der Waals surface area contributed by atoms with Crippen LogP contribution in [0, 0.1) is 5.82 Å². The molecule has 3 heterocycles. The summed E-state index contributed by atoms with van der Waals surface area (Å²) >= 11 is 6.34. The molecule has 3 aromatic heterocycles. The second-order valence-electron chi connectivity index (χ2n) is 6.00. The lowest BCUT2D eigenvalue weighted by atomic mass is 10.1. The van der Waals surface area contributed by atoms with Crippen LogP contribution in [0.4, 0.5) is 20.7 Å². The summed E-state index contributed by atoms with van der Waals surface area (Å²) in [6.45, 7) is 0. The molecule has 1 amide bonds. The maximum atomic E-state index is 14.9. The summed E-state index contributed by atoms with van der Waals surface area (Å²) in [6.07, 6.45) is 4.86. The van der Waals surface area contributed by atoms with Crippen LogP contribution in [0.1, 0.15) is 0 Å². The Morgan fingerprint density at radius 3 is 2.85 bits per heavy atom. The van der Waals surface area contributed by atoms with E-state index in [9.17, 15) is 9.18 Å². The molecule has 0 aliphatic rings. The van der Waals surface area contributed by atoms with Crippen LogP contribution in [0.25, 0.3) is 27.8 Å². The first kappa shape index (κ1) is 17.0. The third kappa shape index (κ3) is 2.70. The van der Waals surface area contributed by atoms with Gasteiger partial charge in [-0.25, -0.2) is 14.2 Å². The Balaban J connectivity index is 1.94. The third-order valence-electron chi connectivity index (χ3n) is 4.05. The number of carbonyl (C=O) groups is 1. The van der Waals surface area contributed by atoms with E-state index in [4.69, 9.17) is 16.7 Å². The van der Waals surface area contributed by atoms with Gasteiger partial charge in [0.15, 0.2) is 17.3 Å². The fourth-order valence-electron chi connectivity index (χ4n) is 2.97. The lowest BCUT2D eigenvalue weighted by Gasteiger charge is -2.17. The van der Waals surface area contributed by atoms with Gasteiger partial charge >= 0.3 is 6.09 Å². The maximum Gasteiger partial charge on any atom is 0.410 e. The molecule has 138 valence electrons. The van der Waals surface area contributed by atoms with E-state index in [-0.39, 0.29) is 10.8 Å². The van der Waals surface area contributed by atoms with Gasteiger partial charge in [-0.15, -0.1) is 0 Å². The minimum Gasteiger partial charge on any atom is -0.465 e. The van der Waals surface area contributed by atoms with Crippen LogP contribution in [-0.2, 0) is 0 Å². The molecule has 0 spiro atoms. The van der Waals surface area contributed by atoms with Gasteiger partial charge in [-0.1, -0.05) is 11.6 Å². The largest absolute Gasteiger partial charge is 0.465 e. The third-order valence-corrected chi connectivity index (χ3v) is 4.40. The van der Waals surface area contributed by atoms with Crippen molar-refractivity contribution in [2.45, 2.75) is 0 Å². The van der Waals surface area contributed by atoms with Gasteiger partial charge < -0.3 is 14.4 Å². The molecule has 0 atom stereocenters. The molecule has 0 bridgehead atoms. The maximum absolute atomic E-state index is 14.9. The number of benzene rings is 1. The Bertz CT molecular complexity index is 1200. The summed E-state index contributed by atoms with van der Waals surface area (Å²) in [5.41, 5.74) is 1.99. The molecule has 3 N–H and O–H groups in total. The number of aromatic amines is 1. The predicted molar refractivity (Wildman–Crippen MR) is 99.0 cm³/mol. The van der Waals surface area contributed by atoms with Crippen LogP contribution in [0.3, 0.4) is 0 Å². The standard InChI is InChI=1S/C16H13ClFN7O2/c1-24(2)15-13(18)12(17)11(7-3-20-23-14(7)15)8-5-25-6-9(22-16(26)27)21-10(25)4-19-8/h3-6,22H,1-2H3,(H,20,23)(H,26,27). The molecule has 0 aliphatic carbocycles. The zero-order valence-corrected chi connectivity index (χ0v) is 14.9. The minimum atomic E-state index is -1.23. The van der Waals surface area contributed by atoms with Crippen LogP contribution in [-0.4, -0.2) is 49.9 Å². The number of hydrogen-bond donors (Lipinski definition) is 3. The Hall–Kier alpha value is -3.40. The summed E-state index contributed by atoms with van der Waals surface area (Å²) in [4.78, 5) is 20.8. The van der Waals surface area contributed by atoms with Crippen LogP contribution < -0.4 is 10.2 Å². The van der Waals surface area contributed by atoms with Crippen LogP contribution >= 0.6 is 11.6 Å². The van der Waals surface area contributed by atoms with Gasteiger partial charge in [-0.2, -0.15) is 5.10 Å².